The van der Waals surface area contributed by atoms with Crippen molar-refractivity contribution in [3.8, 4) is 23.5 Å². The Morgan fingerprint density at radius 3 is 1.31 bits per heavy atom. The Bertz CT molecular complexity index is 1760. The number of benzene rings is 2. The summed E-state index contributed by atoms with van der Waals surface area (Å²) in [7, 11) is -1.20. The summed E-state index contributed by atoms with van der Waals surface area (Å²) >= 11 is 0. The highest BCUT2D eigenvalue weighted by Gasteiger charge is 2.22. The zero-order chi connectivity index (χ0) is 34.9. The fraction of sp³-hybridized carbons (Fsp3) is 0.333. The van der Waals surface area contributed by atoms with Crippen molar-refractivity contribution in [1.29, 1.82) is 0 Å². The van der Waals surface area contributed by atoms with E-state index in [1.807, 2.05) is 0 Å². The Morgan fingerprint density at radius 1 is 0.625 bits per heavy atom. The van der Waals surface area contributed by atoms with Crippen LogP contribution in [0.2, 0.25) is 0 Å². The standard InChI is InChI=1S/C30H36N6O10S2/c1-35(2)47(39,40)25-13-9-23(10-14-25)43-17-5-7-21-19-31-29(33-21)45-27(37)28(38)46-30-32-20-22(34-30)8-6-18-44-24-11-15-26(16-12-24)48(41,42)36(3)4/h9-16,19-20H,5-8,17-18H2,1-4H3,(H,31,33)(H,32,34). The Morgan fingerprint density at radius 2 is 0.979 bits per heavy atom. The van der Waals surface area contributed by atoms with E-state index in [2.05, 4.69) is 19.9 Å². The van der Waals surface area contributed by atoms with Crippen LogP contribution in [0, 0.1) is 0 Å². The normalized spacial score (nSPS) is 11.9. The van der Waals surface area contributed by atoms with Crippen LogP contribution >= 0.6 is 0 Å². The molecular formula is C30H36N6O10S2. The van der Waals surface area contributed by atoms with Gasteiger partial charge in [0.25, 0.3) is 0 Å². The predicted molar refractivity (Wildman–Crippen MR) is 171 cm³/mol. The minimum absolute atomic E-state index is 0.165. The van der Waals surface area contributed by atoms with Crippen molar-refractivity contribution in [2.24, 2.45) is 0 Å². The molecule has 18 heteroatoms. The molecule has 0 unspecified atom stereocenters. The summed E-state index contributed by atoms with van der Waals surface area (Å²) < 4.78 is 72.2. The number of sulfonamides is 2. The highest BCUT2D eigenvalue weighted by molar-refractivity contribution is 7.89. The molecule has 4 rings (SSSR count). The Kier molecular flexibility index (Phi) is 11.9. The summed E-state index contributed by atoms with van der Waals surface area (Å²) in [5.41, 5.74) is 1.27. The quantitative estimate of drug-likeness (QED) is 0.0979. The van der Waals surface area contributed by atoms with Gasteiger partial charge < -0.3 is 28.9 Å². The third-order valence-corrected chi connectivity index (χ3v) is 10.3. The van der Waals surface area contributed by atoms with Crippen molar-refractivity contribution in [1.82, 2.24) is 28.5 Å². The molecule has 0 aliphatic carbocycles. The van der Waals surface area contributed by atoms with Crippen LogP contribution in [0.15, 0.2) is 70.7 Å². The number of carbonyl (C=O) groups is 2. The van der Waals surface area contributed by atoms with E-state index in [1.54, 1.807) is 24.3 Å². The van der Waals surface area contributed by atoms with Crippen LogP contribution in [0.3, 0.4) is 0 Å². The lowest BCUT2D eigenvalue weighted by Gasteiger charge is -2.12. The van der Waals surface area contributed by atoms with Crippen molar-refractivity contribution in [3.05, 3.63) is 72.3 Å². The lowest BCUT2D eigenvalue weighted by atomic mass is 10.2. The zero-order valence-electron chi connectivity index (χ0n) is 26.7. The van der Waals surface area contributed by atoms with Gasteiger partial charge in [0.05, 0.1) is 35.4 Å². The Hall–Kier alpha value is -4.78. The van der Waals surface area contributed by atoms with Crippen molar-refractivity contribution >= 4 is 32.0 Å². The second kappa shape index (κ2) is 15.9. The van der Waals surface area contributed by atoms with E-state index in [4.69, 9.17) is 18.9 Å². The molecule has 0 saturated heterocycles. The van der Waals surface area contributed by atoms with Gasteiger partial charge in [-0.3, -0.25) is 0 Å². The van der Waals surface area contributed by atoms with Crippen molar-refractivity contribution in [2.45, 2.75) is 35.5 Å². The molecule has 0 saturated carbocycles. The minimum atomic E-state index is -3.52. The number of hydrogen-bond donors (Lipinski definition) is 2. The summed E-state index contributed by atoms with van der Waals surface area (Å²) in [6.45, 7) is 0.662. The van der Waals surface area contributed by atoms with Crippen molar-refractivity contribution in [2.75, 3.05) is 41.4 Å². The second-order valence-electron chi connectivity index (χ2n) is 10.6. The van der Waals surface area contributed by atoms with Crippen LogP contribution in [-0.2, 0) is 42.5 Å². The number of esters is 2. The number of nitrogens with zero attached hydrogens (tertiary/aromatic N) is 4. The van der Waals surface area contributed by atoms with E-state index >= 15 is 0 Å². The maximum absolute atomic E-state index is 12.2. The first-order valence-electron chi connectivity index (χ1n) is 14.6. The van der Waals surface area contributed by atoms with Gasteiger partial charge >= 0.3 is 24.0 Å². The lowest BCUT2D eigenvalue weighted by molar-refractivity contribution is -0.156. The van der Waals surface area contributed by atoms with Gasteiger partial charge in [-0.05, 0) is 74.2 Å². The SMILES string of the molecule is CN(C)S(=O)(=O)c1ccc(OCCCc2cnc(OC(=O)C(=O)Oc3ncc(CCCOc4ccc(S(=O)(=O)N(C)C)cc4)[nH]3)[nH]2)cc1. The number of ether oxygens (including phenoxy) is 4. The number of H-pyrrole nitrogens is 2. The molecule has 2 aromatic heterocycles. The molecule has 0 aliphatic rings. The highest BCUT2D eigenvalue weighted by Crippen LogP contribution is 2.20. The molecule has 258 valence electrons. The highest BCUT2D eigenvalue weighted by atomic mass is 32.2. The number of aromatic nitrogens is 4. The predicted octanol–water partition coefficient (Wildman–Crippen LogP) is 2.17. The van der Waals surface area contributed by atoms with Crippen LogP contribution in [0.4, 0.5) is 0 Å². The number of aromatic amines is 2. The fourth-order valence-electron chi connectivity index (χ4n) is 4.04. The van der Waals surface area contributed by atoms with Crippen molar-refractivity contribution < 1.29 is 45.4 Å². The van der Waals surface area contributed by atoms with Gasteiger partial charge in [0.15, 0.2) is 0 Å². The maximum atomic E-state index is 12.2. The van der Waals surface area contributed by atoms with Crippen LogP contribution < -0.4 is 18.9 Å². The molecule has 0 atom stereocenters. The maximum Gasteiger partial charge on any atom is 0.425 e. The topological polar surface area (TPSA) is 203 Å². The smallest absolute Gasteiger partial charge is 0.425 e. The van der Waals surface area contributed by atoms with Gasteiger partial charge in [0.2, 0.25) is 20.0 Å². The van der Waals surface area contributed by atoms with Crippen LogP contribution in [0.5, 0.6) is 23.5 Å². The first kappa shape index (κ1) is 36.1. The third-order valence-electron chi connectivity index (χ3n) is 6.68. The second-order valence-corrected chi connectivity index (χ2v) is 14.9. The summed E-state index contributed by atoms with van der Waals surface area (Å²) in [5.74, 6) is -1.56. The lowest BCUT2D eigenvalue weighted by Crippen LogP contribution is -2.26. The molecule has 0 amide bonds. The van der Waals surface area contributed by atoms with E-state index in [-0.39, 0.29) is 21.8 Å². The molecule has 0 aliphatic heterocycles. The molecule has 2 N–H and O–H groups in total. The fourth-order valence-corrected chi connectivity index (χ4v) is 5.84. The van der Waals surface area contributed by atoms with Gasteiger partial charge in [0, 0.05) is 39.6 Å². The summed E-state index contributed by atoms with van der Waals surface area (Å²) in [6.07, 6.45) is 5.05. The Balaban J connectivity index is 1.14. The van der Waals surface area contributed by atoms with Gasteiger partial charge in [-0.2, -0.15) is 0 Å². The van der Waals surface area contributed by atoms with E-state index in [1.165, 1.54) is 64.8 Å². The third kappa shape index (κ3) is 9.63. The van der Waals surface area contributed by atoms with Crippen LogP contribution in [0.1, 0.15) is 24.2 Å². The number of hydrogen-bond acceptors (Lipinski definition) is 12. The number of aryl methyl sites for hydroxylation is 2. The monoisotopic (exact) mass is 704 g/mol. The molecular weight excluding hydrogens is 668 g/mol. The zero-order valence-corrected chi connectivity index (χ0v) is 28.3. The number of imidazole rings is 2. The number of nitrogens with one attached hydrogen (secondary N) is 2. The largest absolute Gasteiger partial charge is 0.494 e. The van der Waals surface area contributed by atoms with Gasteiger partial charge in [0.1, 0.15) is 11.5 Å². The molecule has 2 aromatic carbocycles. The first-order chi connectivity index (χ1) is 22.8. The molecule has 48 heavy (non-hydrogen) atoms. The molecule has 4 aromatic rings. The molecule has 16 nitrogen and oxygen atoms in total. The Labute approximate surface area is 278 Å². The molecule has 0 bridgehead atoms. The molecule has 0 spiro atoms. The summed E-state index contributed by atoms with van der Waals surface area (Å²) in [5, 5.41) is 0. The van der Waals surface area contributed by atoms with E-state index in [0.29, 0.717) is 61.8 Å². The van der Waals surface area contributed by atoms with Gasteiger partial charge in [-0.15, -0.1) is 0 Å². The molecule has 0 fully saturated rings. The number of rotatable bonds is 16. The van der Waals surface area contributed by atoms with Gasteiger partial charge in [-0.1, -0.05) is 0 Å². The number of carbonyl (C=O) groups excluding carboxylic acids is 2. The van der Waals surface area contributed by atoms with E-state index < -0.39 is 32.0 Å². The molecule has 0 radical (unpaired) electrons. The first-order valence-corrected chi connectivity index (χ1v) is 17.5. The average Bonchev–Trinajstić information content (AvgIpc) is 3.70. The average molecular weight is 705 g/mol. The van der Waals surface area contributed by atoms with Crippen LogP contribution in [0.25, 0.3) is 0 Å². The molecule has 2 heterocycles. The van der Waals surface area contributed by atoms with E-state index in [0.717, 1.165) is 8.61 Å². The van der Waals surface area contributed by atoms with Gasteiger partial charge in [-0.25, -0.2) is 45.0 Å². The van der Waals surface area contributed by atoms with Crippen molar-refractivity contribution in [3.63, 3.8) is 0 Å². The minimum Gasteiger partial charge on any atom is -0.494 e. The summed E-state index contributed by atoms with van der Waals surface area (Å²) in [6, 6.07) is 11.9. The van der Waals surface area contributed by atoms with Crippen LogP contribution in [-0.4, -0.2) is 98.7 Å². The summed E-state index contributed by atoms with van der Waals surface area (Å²) in [4.78, 5) is 38.3. The van der Waals surface area contributed by atoms with E-state index in [9.17, 15) is 26.4 Å².